The molecule has 3 rings (SSSR count). The maximum Gasteiger partial charge on any atom is 0.182 e. The molecule has 0 saturated carbocycles. The van der Waals surface area contributed by atoms with Crippen molar-refractivity contribution in [3.8, 4) is 0 Å². The second kappa shape index (κ2) is 5.20. The van der Waals surface area contributed by atoms with Crippen LogP contribution in [0.25, 0.3) is 11.2 Å². The summed E-state index contributed by atoms with van der Waals surface area (Å²) in [4.78, 5) is 14.9. The number of rotatable bonds is 4. The minimum absolute atomic E-state index is 0.251. The number of benzene rings is 1. The van der Waals surface area contributed by atoms with Gasteiger partial charge in [-0.25, -0.2) is 23.7 Å². The molecule has 0 fully saturated rings. The maximum atomic E-state index is 13.7. The summed E-state index contributed by atoms with van der Waals surface area (Å²) >= 11 is 0. The number of alkyl halides is 1. The summed E-state index contributed by atoms with van der Waals surface area (Å²) in [6, 6.07) is 5.24. The number of hydrogen-bond donors (Lipinski definition) is 2. The van der Waals surface area contributed by atoms with E-state index in [1.54, 1.807) is 12.1 Å². The Bertz CT molecular complexity index is 727. The van der Waals surface area contributed by atoms with E-state index < -0.39 is 18.5 Å². The normalized spacial score (nSPS) is 12.5. The van der Waals surface area contributed by atoms with Crippen LogP contribution in [0.2, 0.25) is 0 Å². The standard InChI is InChI=1S/C13H11F2N5/c14-5-10(8-3-1-2-4-9(8)15)20-13-11-12(17-6-16-11)18-7-19-13/h1-4,6-7,10H,5H2,(H2,16,17,18,19,20). The average Bonchev–Trinajstić information content (AvgIpc) is 2.95. The van der Waals surface area contributed by atoms with Crippen LogP contribution in [0, 0.1) is 5.82 Å². The van der Waals surface area contributed by atoms with Crippen molar-refractivity contribution in [3.05, 3.63) is 48.3 Å². The van der Waals surface area contributed by atoms with Gasteiger partial charge in [-0.2, -0.15) is 0 Å². The number of fused-ring (bicyclic) bond motifs is 1. The molecule has 5 nitrogen and oxygen atoms in total. The number of nitrogens with one attached hydrogen (secondary N) is 2. The number of aromatic amines is 1. The third kappa shape index (κ3) is 2.18. The van der Waals surface area contributed by atoms with Gasteiger partial charge >= 0.3 is 0 Å². The fraction of sp³-hybridized carbons (Fsp3) is 0.154. The molecular formula is C13H11F2N5. The summed E-state index contributed by atoms with van der Waals surface area (Å²) in [6.07, 6.45) is 2.79. The summed E-state index contributed by atoms with van der Waals surface area (Å²) in [5.74, 6) is -0.0732. The molecule has 2 heterocycles. The summed E-state index contributed by atoms with van der Waals surface area (Å²) in [7, 11) is 0. The molecule has 1 atom stereocenters. The zero-order valence-corrected chi connectivity index (χ0v) is 10.3. The number of hydrogen-bond acceptors (Lipinski definition) is 4. The van der Waals surface area contributed by atoms with Gasteiger partial charge in [-0.3, -0.25) is 0 Å². The minimum Gasteiger partial charge on any atom is -0.359 e. The van der Waals surface area contributed by atoms with Gasteiger partial charge in [0.05, 0.1) is 12.4 Å². The predicted octanol–water partition coefficient (Wildman–Crippen LogP) is 2.61. The Labute approximate surface area is 113 Å². The SMILES string of the molecule is FCC(Nc1ncnc2nc[nH]c12)c1ccccc1F. The molecule has 0 saturated heterocycles. The topological polar surface area (TPSA) is 66.5 Å². The van der Waals surface area contributed by atoms with Crippen LogP contribution in [0.5, 0.6) is 0 Å². The van der Waals surface area contributed by atoms with E-state index in [0.29, 0.717) is 17.0 Å². The van der Waals surface area contributed by atoms with E-state index in [-0.39, 0.29) is 5.56 Å². The van der Waals surface area contributed by atoms with Gasteiger partial charge in [-0.05, 0) is 6.07 Å². The lowest BCUT2D eigenvalue weighted by molar-refractivity contribution is 0.442. The molecule has 0 spiro atoms. The largest absolute Gasteiger partial charge is 0.359 e. The minimum atomic E-state index is -0.822. The van der Waals surface area contributed by atoms with Gasteiger partial charge in [0.25, 0.3) is 0 Å². The van der Waals surface area contributed by atoms with Crippen LogP contribution < -0.4 is 5.32 Å². The number of nitrogens with zero attached hydrogens (tertiary/aromatic N) is 3. The third-order valence-electron chi connectivity index (χ3n) is 2.97. The monoisotopic (exact) mass is 275 g/mol. The first-order valence-electron chi connectivity index (χ1n) is 6.00. The van der Waals surface area contributed by atoms with Crippen molar-refractivity contribution in [2.24, 2.45) is 0 Å². The lowest BCUT2D eigenvalue weighted by atomic mass is 10.1. The van der Waals surface area contributed by atoms with Crippen LogP contribution in [0.3, 0.4) is 0 Å². The third-order valence-corrected chi connectivity index (χ3v) is 2.97. The van der Waals surface area contributed by atoms with Crippen LogP contribution >= 0.6 is 0 Å². The molecule has 2 aromatic heterocycles. The first kappa shape index (κ1) is 12.5. The van der Waals surface area contributed by atoms with E-state index in [0.717, 1.165) is 0 Å². The predicted molar refractivity (Wildman–Crippen MR) is 70.4 cm³/mol. The highest BCUT2D eigenvalue weighted by Gasteiger charge is 2.17. The van der Waals surface area contributed by atoms with Gasteiger partial charge in [0.2, 0.25) is 0 Å². The van der Waals surface area contributed by atoms with Crippen molar-refractivity contribution >= 4 is 17.0 Å². The Morgan fingerprint density at radius 1 is 1.20 bits per heavy atom. The van der Waals surface area contributed by atoms with E-state index in [9.17, 15) is 8.78 Å². The first-order chi connectivity index (χ1) is 9.79. The fourth-order valence-electron chi connectivity index (χ4n) is 2.00. The first-order valence-corrected chi connectivity index (χ1v) is 6.00. The molecule has 2 N–H and O–H groups in total. The molecule has 20 heavy (non-hydrogen) atoms. The molecule has 1 unspecified atom stereocenters. The van der Waals surface area contributed by atoms with Crippen molar-refractivity contribution in [1.82, 2.24) is 19.9 Å². The average molecular weight is 275 g/mol. The van der Waals surface area contributed by atoms with Crippen molar-refractivity contribution in [2.75, 3.05) is 12.0 Å². The number of anilines is 1. The quantitative estimate of drug-likeness (QED) is 0.768. The molecule has 0 amide bonds. The number of imidazole rings is 1. The Hall–Kier alpha value is -2.57. The highest BCUT2D eigenvalue weighted by atomic mass is 19.1. The molecule has 0 bridgehead atoms. The molecule has 0 radical (unpaired) electrons. The second-order valence-electron chi connectivity index (χ2n) is 4.20. The van der Waals surface area contributed by atoms with Crippen molar-refractivity contribution in [3.63, 3.8) is 0 Å². The lowest BCUT2D eigenvalue weighted by Gasteiger charge is -2.17. The summed E-state index contributed by atoms with van der Waals surface area (Å²) in [5, 5.41) is 2.88. The Morgan fingerprint density at radius 2 is 2.05 bits per heavy atom. The van der Waals surface area contributed by atoms with Crippen LogP contribution in [0.4, 0.5) is 14.6 Å². The molecule has 0 aliphatic carbocycles. The molecule has 0 aliphatic heterocycles. The molecule has 3 aromatic rings. The van der Waals surface area contributed by atoms with Crippen molar-refractivity contribution in [1.29, 1.82) is 0 Å². The van der Waals surface area contributed by atoms with E-state index >= 15 is 0 Å². The van der Waals surface area contributed by atoms with E-state index in [2.05, 4.69) is 25.3 Å². The molecule has 7 heteroatoms. The van der Waals surface area contributed by atoms with Gasteiger partial charge in [-0.15, -0.1) is 0 Å². The molecular weight excluding hydrogens is 264 g/mol. The van der Waals surface area contributed by atoms with Gasteiger partial charge in [-0.1, -0.05) is 18.2 Å². The zero-order valence-electron chi connectivity index (χ0n) is 10.3. The summed E-state index contributed by atoms with van der Waals surface area (Å²) < 4.78 is 27.0. The van der Waals surface area contributed by atoms with Gasteiger partial charge < -0.3 is 10.3 Å². The number of aromatic nitrogens is 4. The van der Waals surface area contributed by atoms with Crippen LogP contribution in [0.15, 0.2) is 36.9 Å². The smallest absolute Gasteiger partial charge is 0.182 e. The van der Waals surface area contributed by atoms with Gasteiger partial charge in [0.15, 0.2) is 11.5 Å². The summed E-state index contributed by atoms with van der Waals surface area (Å²) in [6.45, 7) is -0.763. The second-order valence-corrected chi connectivity index (χ2v) is 4.20. The van der Waals surface area contributed by atoms with Crippen LogP contribution in [-0.4, -0.2) is 26.6 Å². The fourth-order valence-corrected chi connectivity index (χ4v) is 2.00. The summed E-state index contributed by atoms with van der Waals surface area (Å²) in [5.41, 5.74) is 1.28. The lowest BCUT2D eigenvalue weighted by Crippen LogP contribution is -2.15. The van der Waals surface area contributed by atoms with E-state index in [1.807, 2.05) is 0 Å². The van der Waals surface area contributed by atoms with Gasteiger partial charge in [0.1, 0.15) is 24.3 Å². The molecule has 0 aliphatic rings. The van der Waals surface area contributed by atoms with Crippen molar-refractivity contribution in [2.45, 2.75) is 6.04 Å². The number of halogens is 2. The Balaban J connectivity index is 1.96. The van der Waals surface area contributed by atoms with E-state index in [1.165, 1.54) is 24.8 Å². The van der Waals surface area contributed by atoms with Crippen molar-refractivity contribution < 1.29 is 8.78 Å². The van der Waals surface area contributed by atoms with E-state index in [4.69, 9.17) is 0 Å². The van der Waals surface area contributed by atoms with Crippen LogP contribution in [-0.2, 0) is 0 Å². The highest BCUT2D eigenvalue weighted by molar-refractivity contribution is 5.82. The van der Waals surface area contributed by atoms with Crippen LogP contribution in [0.1, 0.15) is 11.6 Å². The Kier molecular flexibility index (Phi) is 3.24. The molecule has 102 valence electrons. The Morgan fingerprint density at radius 3 is 2.85 bits per heavy atom. The molecule has 1 aromatic carbocycles. The maximum absolute atomic E-state index is 13.7. The highest BCUT2D eigenvalue weighted by Crippen LogP contribution is 2.24. The number of H-pyrrole nitrogens is 1. The zero-order chi connectivity index (χ0) is 13.9. The van der Waals surface area contributed by atoms with Gasteiger partial charge in [0, 0.05) is 5.56 Å².